The van der Waals surface area contributed by atoms with Crippen LogP contribution in [-0.4, -0.2) is 48.0 Å². The van der Waals surface area contributed by atoms with Crippen LogP contribution in [0.5, 0.6) is 0 Å². The van der Waals surface area contributed by atoms with E-state index in [1.165, 1.54) is 32.2 Å². The fourth-order valence-corrected chi connectivity index (χ4v) is 2.82. The zero-order chi connectivity index (χ0) is 21.1. The van der Waals surface area contributed by atoms with Crippen LogP contribution in [-0.2, 0) is 16.1 Å². The van der Waals surface area contributed by atoms with Crippen LogP contribution in [0.1, 0.15) is 53.9 Å². The number of nitrogens with zero attached hydrogens (tertiary/aromatic N) is 1. The maximum atomic E-state index is 12.2. The summed E-state index contributed by atoms with van der Waals surface area (Å²) in [6, 6.07) is 10.6. The number of ether oxygens (including phenoxy) is 1. The van der Waals surface area contributed by atoms with E-state index in [4.69, 9.17) is 4.74 Å². The van der Waals surface area contributed by atoms with Crippen molar-refractivity contribution >= 4 is 29.5 Å². The number of esters is 1. The van der Waals surface area contributed by atoms with Crippen LogP contribution in [0.2, 0.25) is 0 Å². The van der Waals surface area contributed by atoms with E-state index in [0.29, 0.717) is 12.1 Å². The first-order chi connectivity index (χ1) is 13.8. The number of Topliss-reactive ketones (excluding diaryl/α,β-unsaturated/α-hetero) is 1. The van der Waals surface area contributed by atoms with E-state index in [-0.39, 0.29) is 22.6 Å². The van der Waals surface area contributed by atoms with E-state index in [9.17, 15) is 24.0 Å². The number of hydrogen-bond acceptors (Lipinski definition) is 6. The molecule has 29 heavy (non-hydrogen) atoms. The van der Waals surface area contributed by atoms with Crippen LogP contribution in [0, 0.1) is 0 Å². The number of imide groups is 1. The third kappa shape index (κ3) is 4.21. The van der Waals surface area contributed by atoms with Crippen molar-refractivity contribution in [3.63, 3.8) is 0 Å². The van der Waals surface area contributed by atoms with Crippen LogP contribution in [0.25, 0.3) is 0 Å². The van der Waals surface area contributed by atoms with Crippen molar-refractivity contribution in [1.82, 2.24) is 10.2 Å². The third-order valence-corrected chi connectivity index (χ3v) is 4.48. The lowest BCUT2D eigenvalue weighted by molar-refractivity contribution is -0.119. The van der Waals surface area contributed by atoms with Gasteiger partial charge in [-0.2, -0.15) is 0 Å². The standard InChI is InChI=1S/C21H18N2O6/c1-12(24)22-10-13-3-5-14(6-4-13)18(25)11-29-21(28)15-7-8-16-17(9-15)20(27)23(2)19(16)26/h3-9H,10-11H2,1-2H3,(H,22,24). The molecule has 1 aliphatic rings. The van der Waals surface area contributed by atoms with Gasteiger partial charge in [-0.15, -0.1) is 0 Å². The monoisotopic (exact) mass is 394 g/mol. The Hall–Kier alpha value is -3.81. The summed E-state index contributed by atoms with van der Waals surface area (Å²) in [5.41, 5.74) is 1.63. The zero-order valence-electron chi connectivity index (χ0n) is 15.9. The summed E-state index contributed by atoms with van der Waals surface area (Å²) in [4.78, 5) is 60.3. The van der Waals surface area contributed by atoms with E-state index < -0.39 is 30.2 Å². The van der Waals surface area contributed by atoms with Gasteiger partial charge in [-0.05, 0) is 23.8 Å². The highest BCUT2D eigenvalue weighted by Crippen LogP contribution is 2.23. The molecule has 1 aliphatic heterocycles. The number of nitrogens with one attached hydrogen (secondary N) is 1. The molecular weight excluding hydrogens is 376 g/mol. The molecule has 0 bridgehead atoms. The largest absolute Gasteiger partial charge is 0.454 e. The Morgan fingerprint density at radius 3 is 2.21 bits per heavy atom. The Kier molecular flexibility index (Phi) is 5.54. The van der Waals surface area contributed by atoms with Gasteiger partial charge in [-0.25, -0.2) is 4.79 Å². The highest BCUT2D eigenvalue weighted by Gasteiger charge is 2.33. The van der Waals surface area contributed by atoms with E-state index >= 15 is 0 Å². The van der Waals surface area contributed by atoms with Gasteiger partial charge >= 0.3 is 5.97 Å². The Morgan fingerprint density at radius 2 is 1.55 bits per heavy atom. The molecule has 0 saturated carbocycles. The van der Waals surface area contributed by atoms with Gasteiger partial charge in [0.1, 0.15) is 0 Å². The SMILES string of the molecule is CC(=O)NCc1ccc(C(=O)COC(=O)c2ccc3c(c2)C(=O)N(C)C3=O)cc1. The maximum absolute atomic E-state index is 12.2. The van der Waals surface area contributed by atoms with Crippen LogP contribution in [0.3, 0.4) is 0 Å². The molecule has 0 saturated heterocycles. The van der Waals surface area contributed by atoms with Crippen LogP contribution in [0.15, 0.2) is 42.5 Å². The summed E-state index contributed by atoms with van der Waals surface area (Å²) in [5, 5.41) is 2.65. The number of carbonyl (C=O) groups excluding carboxylic acids is 5. The molecule has 8 heteroatoms. The van der Waals surface area contributed by atoms with Gasteiger partial charge in [0.25, 0.3) is 11.8 Å². The number of ketones is 1. The predicted molar refractivity (Wildman–Crippen MR) is 101 cm³/mol. The summed E-state index contributed by atoms with van der Waals surface area (Å²) in [7, 11) is 1.36. The van der Waals surface area contributed by atoms with E-state index in [1.807, 2.05) is 0 Å². The van der Waals surface area contributed by atoms with Crippen molar-refractivity contribution < 1.29 is 28.7 Å². The summed E-state index contributed by atoms with van der Waals surface area (Å²) < 4.78 is 5.05. The van der Waals surface area contributed by atoms with Crippen molar-refractivity contribution in [2.75, 3.05) is 13.7 Å². The highest BCUT2D eigenvalue weighted by atomic mass is 16.5. The lowest BCUT2D eigenvalue weighted by atomic mass is 10.1. The molecule has 0 aromatic heterocycles. The average molecular weight is 394 g/mol. The van der Waals surface area contributed by atoms with Gasteiger partial charge in [0.05, 0.1) is 16.7 Å². The minimum Gasteiger partial charge on any atom is -0.454 e. The molecule has 2 aromatic carbocycles. The van der Waals surface area contributed by atoms with Gasteiger partial charge in [0, 0.05) is 26.1 Å². The molecule has 1 N–H and O–H groups in total. The fourth-order valence-electron chi connectivity index (χ4n) is 2.82. The molecule has 2 aromatic rings. The van der Waals surface area contributed by atoms with Gasteiger partial charge in [0.2, 0.25) is 5.91 Å². The van der Waals surface area contributed by atoms with Crippen molar-refractivity contribution in [3.05, 3.63) is 70.3 Å². The number of benzene rings is 2. The number of carbonyl (C=O) groups is 5. The molecule has 0 spiro atoms. The second-order valence-corrected chi connectivity index (χ2v) is 6.54. The molecule has 0 fully saturated rings. The zero-order valence-corrected chi connectivity index (χ0v) is 15.9. The lowest BCUT2D eigenvalue weighted by Gasteiger charge is -2.07. The highest BCUT2D eigenvalue weighted by molar-refractivity contribution is 6.21. The Morgan fingerprint density at radius 1 is 0.931 bits per heavy atom. The number of rotatable bonds is 6. The second-order valence-electron chi connectivity index (χ2n) is 6.54. The first-order valence-electron chi connectivity index (χ1n) is 8.78. The lowest BCUT2D eigenvalue weighted by Crippen LogP contribution is -2.24. The first kappa shape index (κ1) is 19.9. The van der Waals surface area contributed by atoms with E-state index in [2.05, 4.69) is 5.32 Å². The smallest absolute Gasteiger partial charge is 0.338 e. The van der Waals surface area contributed by atoms with Crippen molar-refractivity contribution in [1.29, 1.82) is 0 Å². The third-order valence-electron chi connectivity index (χ3n) is 4.48. The molecule has 0 radical (unpaired) electrons. The molecule has 3 amide bonds. The van der Waals surface area contributed by atoms with Crippen LogP contribution >= 0.6 is 0 Å². The molecule has 0 atom stereocenters. The normalized spacial score (nSPS) is 12.6. The molecule has 1 heterocycles. The predicted octanol–water partition coefficient (Wildman–Crippen LogP) is 1.59. The van der Waals surface area contributed by atoms with Crippen LogP contribution in [0.4, 0.5) is 0 Å². The minimum absolute atomic E-state index is 0.0821. The maximum Gasteiger partial charge on any atom is 0.338 e. The van der Waals surface area contributed by atoms with Gasteiger partial charge < -0.3 is 10.1 Å². The summed E-state index contributed by atoms with van der Waals surface area (Å²) >= 11 is 0. The Balaban J connectivity index is 1.61. The molecule has 8 nitrogen and oxygen atoms in total. The number of amides is 3. The first-order valence-corrected chi connectivity index (χ1v) is 8.78. The molecule has 0 unspecified atom stereocenters. The van der Waals surface area contributed by atoms with Crippen molar-refractivity contribution in [2.24, 2.45) is 0 Å². The van der Waals surface area contributed by atoms with Gasteiger partial charge in [0.15, 0.2) is 12.4 Å². The topological polar surface area (TPSA) is 110 Å². The summed E-state index contributed by atoms with van der Waals surface area (Å²) in [5.74, 6) is -2.23. The van der Waals surface area contributed by atoms with Crippen molar-refractivity contribution in [3.8, 4) is 0 Å². The summed E-state index contributed by atoms with van der Waals surface area (Å²) in [6.07, 6.45) is 0. The quantitative estimate of drug-likeness (QED) is 0.453. The Bertz CT molecular complexity index is 1030. The van der Waals surface area contributed by atoms with Crippen LogP contribution < -0.4 is 5.32 Å². The summed E-state index contributed by atoms with van der Waals surface area (Å²) in [6.45, 7) is 1.31. The molecular formula is C21H18N2O6. The minimum atomic E-state index is -0.766. The van der Waals surface area contributed by atoms with Gasteiger partial charge in [-0.3, -0.25) is 24.1 Å². The van der Waals surface area contributed by atoms with Crippen molar-refractivity contribution in [2.45, 2.75) is 13.5 Å². The Labute approximate surface area is 166 Å². The van der Waals surface area contributed by atoms with E-state index in [1.54, 1.807) is 24.3 Å². The molecule has 3 rings (SSSR count). The van der Waals surface area contributed by atoms with Gasteiger partial charge in [-0.1, -0.05) is 24.3 Å². The molecule has 148 valence electrons. The average Bonchev–Trinajstić information content (AvgIpc) is 2.94. The molecule has 0 aliphatic carbocycles. The second kappa shape index (κ2) is 8.05. The number of fused-ring (bicyclic) bond motifs is 1. The van der Waals surface area contributed by atoms with E-state index in [0.717, 1.165) is 10.5 Å². The fraction of sp³-hybridized carbons (Fsp3) is 0.190. The number of hydrogen-bond donors (Lipinski definition) is 1.